The molecule has 1 aromatic carbocycles. The normalized spacial score (nSPS) is 20.4. The van der Waals surface area contributed by atoms with E-state index in [0.717, 1.165) is 31.9 Å². The fourth-order valence-corrected chi connectivity index (χ4v) is 4.32. The van der Waals surface area contributed by atoms with Crippen molar-refractivity contribution in [3.63, 3.8) is 0 Å². The van der Waals surface area contributed by atoms with E-state index in [1.165, 1.54) is 12.1 Å². The molecule has 1 aromatic heterocycles. The highest BCUT2D eigenvalue weighted by Gasteiger charge is 2.28. The summed E-state index contributed by atoms with van der Waals surface area (Å²) in [4.78, 5) is 12.4. The molecule has 0 aliphatic heterocycles. The standard InChI is InChI=1S/C19H23FN2O4S/c1-27(24,25)22-16-9-5-2-6-13(16)12-21-19(23)18-11-10-17(26-18)14-7-3-4-8-15(14)20/h3-4,7-8,10-11,13,16,22H,2,5-6,9,12H2,1H3,(H,21,23). The first-order valence-electron chi connectivity index (χ1n) is 8.94. The SMILES string of the molecule is CS(=O)(=O)NC1CCCCC1CNC(=O)c1ccc(-c2ccccc2F)o1. The molecule has 1 saturated carbocycles. The van der Waals surface area contributed by atoms with Gasteiger partial charge in [0.25, 0.3) is 5.91 Å². The Labute approximate surface area is 158 Å². The zero-order valence-corrected chi connectivity index (χ0v) is 15.9. The highest BCUT2D eigenvalue weighted by molar-refractivity contribution is 7.88. The maximum atomic E-state index is 13.8. The van der Waals surface area contributed by atoms with Crippen LogP contribution in [0.3, 0.4) is 0 Å². The number of hydrogen-bond donors (Lipinski definition) is 2. The fourth-order valence-electron chi connectivity index (χ4n) is 3.46. The van der Waals surface area contributed by atoms with E-state index >= 15 is 0 Å². The summed E-state index contributed by atoms with van der Waals surface area (Å²) in [5.41, 5.74) is 0.293. The molecule has 2 unspecified atom stereocenters. The van der Waals surface area contributed by atoms with Crippen molar-refractivity contribution in [1.82, 2.24) is 10.0 Å². The lowest BCUT2D eigenvalue weighted by molar-refractivity contribution is 0.0913. The van der Waals surface area contributed by atoms with Gasteiger partial charge in [0.15, 0.2) is 5.76 Å². The van der Waals surface area contributed by atoms with Gasteiger partial charge in [-0.05, 0) is 43.0 Å². The van der Waals surface area contributed by atoms with Crippen LogP contribution in [-0.4, -0.2) is 33.2 Å². The summed E-state index contributed by atoms with van der Waals surface area (Å²) >= 11 is 0. The molecule has 0 spiro atoms. The predicted molar refractivity (Wildman–Crippen MR) is 100 cm³/mol. The number of carbonyl (C=O) groups excluding carboxylic acids is 1. The second kappa shape index (κ2) is 8.22. The Kier molecular flexibility index (Phi) is 5.96. The maximum absolute atomic E-state index is 13.8. The van der Waals surface area contributed by atoms with E-state index in [2.05, 4.69) is 10.0 Å². The summed E-state index contributed by atoms with van der Waals surface area (Å²) in [5, 5.41) is 2.80. The van der Waals surface area contributed by atoms with E-state index in [0.29, 0.717) is 12.1 Å². The van der Waals surface area contributed by atoms with Gasteiger partial charge in [-0.15, -0.1) is 0 Å². The van der Waals surface area contributed by atoms with Crippen LogP contribution in [0.25, 0.3) is 11.3 Å². The first-order chi connectivity index (χ1) is 12.8. The largest absolute Gasteiger partial charge is 0.451 e. The monoisotopic (exact) mass is 394 g/mol. The van der Waals surface area contributed by atoms with Crippen molar-refractivity contribution < 1.29 is 22.0 Å². The predicted octanol–water partition coefficient (Wildman–Crippen LogP) is 2.92. The van der Waals surface area contributed by atoms with Gasteiger partial charge in [0.2, 0.25) is 10.0 Å². The average Bonchev–Trinajstić information content (AvgIpc) is 3.10. The third kappa shape index (κ3) is 5.17. The molecule has 0 radical (unpaired) electrons. The van der Waals surface area contributed by atoms with Crippen molar-refractivity contribution in [2.24, 2.45) is 5.92 Å². The van der Waals surface area contributed by atoms with Crippen LogP contribution >= 0.6 is 0 Å². The summed E-state index contributed by atoms with van der Waals surface area (Å²) in [7, 11) is -3.30. The molecule has 1 aliphatic rings. The Morgan fingerprint density at radius 1 is 1.19 bits per heavy atom. The summed E-state index contributed by atoms with van der Waals surface area (Å²) in [6.45, 7) is 0.349. The number of hydrogen-bond acceptors (Lipinski definition) is 4. The Bertz CT molecular complexity index is 910. The van der Waals surface area contributed by atoms with Crippen LogP contribution in [0.15, 0.2) is 40.8 Å². The number of benzene rings is 1. The van der Waals surface area contributed by atoms with Crippen LogP contribution in [-0.2, 0) is 10.0 Å². The van der Waals surface area contributed by atoms with Crippen LogP contribution in [0.4, 0.5) is 4.39 Å². The quantitative estimate of drug-likeness (QED) is 0.788. The van der Waals surface area contributed by atoms with Crippen molar-refractivity contribution >= 4 is 15.9 Å². The Morgan fingerprint density at radius 2 is 1.93 bits per heavy atom. The number of sulfonamides is 1. The molecule has 2 aromatic rings. The van der Waals surface area contributed by atoms with Gasteiger partial charge in [-0.2, -0.15) is 0 Å². The lowest BCUT2D eigenvalue weighted by atomic mass is 9.85. The summed E-state index contributed by atoms with van der Waals surface area (Å²) in [6, 6.07) is 9.07. The zero-order chi connectivity index (χ0) is 19.4. The number of nitrogens with one attached hydrogen (secondary N) is 2. The molecule has 1 amide bonds. The zero-order valence-electron chi connectivity index (χ0n) is 15.1. The third-order valence-electron chi connectivity index (χ3n) is 4.77. The molecule has 8 heteroatoms. The molecule has 3 rings (SSSR count). The number of halogens is 1. The molecule has 6 nitrogen and oxygen atoms in total. The molecule has 2 atom stereocenters. The van der Waals surface area contributed by atoms with Crippen molar-refractivity contribution in [1.29, 1.82) is 0 Å². The molecule has 1 heterocycles. The van der Waals surface area contributed by atoms with Gasteiger partial charge < -0.3 is 9.73 Å². The lowest BCUT2D eigenvalue weighted by Crippen LogP contribution is -2.46. The van der Waals surface area contributed by atoms with E-state index in [9.17, 15) is 17.6 Å². The highest BCUT2D eigenvalue weighted by Crippen LogP contribution is 2.26. The van der Waals surface area contributed by atoms with E-state index in [1.807, 2.05) is 0 Å². The van der Waals surface area contributed by atoms with E-state index in [4.69, 9.17) is 4.42 Å². The van der Waals surface area contributed by atoms with Crippen LogP contribution in [0.5, 0.6) is 0 Å². The minimum Gasteiger partial charge on any atom is -0.451 e. The van der Waals surface area contributed by atoms with Gasteiger partial charge in [-0.25, -0.2) is 17.5 Å². The molecule has 1 aliphatic carbocycles. The topological polar surface area (TPSA) is 88.4 Å². The second-order valence-electron chi connectivity index (χ2n) is 6.89. The van der Waals surface area contributed by atoms with E-state index in [1.54, 1.807) is 24.3 Å². The van der Waals surface area contributed by atoms with Gasteiger partial charge in [0, 0.05) is 12.6 Å². The molecule has 27 heavy (non-hydrogen) atoms. The van der Waals surface area contributed by atoms with Crippen LogP contribution in [0.1, 0.15) is 36.2 Å². The van der Waals surface area contributed by atoms with Crippen molar-refractivity contribution in [2.75, 3.05) is 12.8 Å². The number of rotatable bonds is 6. The molecule has 146 valence electrons. The van der Waals surface area contributed by atoms with Gasteiger partial charge in [-0.1, -0.05) is 25.0 Å². The van der Waals surface area contributed by atoms with Gasteiger partial charge in [0.1, 0.15) is 11.6 Å². The summed E-state index contributed by atoms with van der Waals surface area (Å²) < 4.78 is 45.0. The summed E-state index contributed by atoms with van der Waals surface area (Å²) in [5.74, 6) is -0.417. The number of furan rings is 1. The Balaban J connectivity index is 1.63. The summed E-state index contributed by atoms with van der Waals surface area (Å²) in [6.07, 6.45) is 4.70. The van der Waals surface area contributed by atoms with Gasteiger partial charge >= 0.3 is 0 Å². The van der Waals surface area contributed by atoms with Crippen LogP contribution < -0.4 is 10.0 Å². The van der Waals surface area contributed by atoms with Crippen molar-refractivity contribution in [3.05, 3.63) is 48.0 Å². The van der Waals surface area contributed by atoms with E-state index < -0.39 is 21.7 Å². The second-order valence-corrected chi connectivity index (χ2v) is 8.67. The number of carbonyl (C=O) groups is 1. The molecular weight excluding hydrogens is 371 g/mol. The Morgan fingerprint density at radius 3 is 2.67 bits per heavy atom. The highest BCUT2D eigenvalue weighted by atomic mass is 32.2. The first-order valence-corrected chi connectivity index (χ1v) is 10.8. The fraction of sp³-hybridized carbons (Fsp3) is 0.421. The molecule has 2 N–H and O–H groups in total. The van der Waals surface area contributed by atoms with Crippen molar-refractivity contribution in [3.8, 4) is 11.3 Å². The lowest BCUT2D eigenvalue weighted by Gasteiger charge is -2.31. The van der Waals surface area contributed by atoms with E-state index in [-0.39, 0.29) is 23.5 Å². The smallest absolute Gasteiger partial charge is 0.287 e. The Hall–Kier alpha value is -2.19. The first kappa shape index (κ1) is 19.6. The molecule has 1 fully saturated rings. The number of amides is 1. The van der Waals surface area contributed by atoms with Gasteiger partial charge in [0.05, 0.1) is 11.8 Å². The minimum absolute atomic E-state index is 0.0263. The maximum Gasteiger partial charge on any atom is 0.287 e. The molecular formula is C19H23FN2O4S. The molecule has 0 saturated heterocycles. The average molecular weight is 394 g/mol. The molecule has 0 bridgehead atoms. The van der Waals surface area contributed by atoms with Gasteiger partial charge in [-0.3, -0.25) is 4.79 Å². The van der Waals surface area contributed by atoms with Crippen LogP contribution in [0.2, 0.25) is 0 Å². The van der Waals surface area contributed by atoms with Crippen molar-refractivity contribution in [2.45, 2.75) is 31.7 Å². The third-order valence-corrected chi connectivity index (χ3v) is 5.50. The minimum atomic E-state index is -3.30. The van der Waals surface area contributed by atoms with Crippen LogP contribution in [0, 0.1) is 11.7 Å².